The molecule has 1 saturated heterocycles. The van der Waals surface area contributed by atoms with Crippen LogP contribution in [0.4, 0.5) is 15.3 Å². The zero-order valence-electron chi connectivity index (χ0n) is 25.2. The molecule has 10 heteroatoms. The number of hydrogen-bond acceptors (Lipinski definition) is 6. The lowest BCUT2D eigenvalue weighted by Crippen LogP contribution is -2.53. The summed E-state index contributed by atoms with van der Waals surface area (Å²) in [6, 6.07) is 14.0. The minimum atomic E-state index is -0.857. The second-order valence-corrected chi connectivity index (χ2v) is 11.4. The molecule has 0 spiro atoms. The second kappa shape index (κ2) is 14.4. The molecule has 4 rings (SSSR count). The van der Waals surface area contributed by atoms with Crippen LogP contribution in [-0.2, 0) is 22.5 Å². The highest BCUT2D eigenvalue weighted by Gasteiger charge is 2.30. The lowest BCUT2D eigenvalue weighted by molar-refractivity contribution is -0.123. The van der Waals surface area contributed by atoms with Crippen molar-refractivity contribution < 1.29 is 29.0 Å². The van der Waals surface area contributed by atoms with Crippen molar-refractivity contribution in [3.8, 4) is 5.75 Å². The molecule has 0 radical (unpaired) electrons. The lowest BCUT2D eigenvalue weighted by atomic mass is 9.86. The standard InChI is InChI=1S/C32H44N4O6/c1-22-18-27(11-8-26(22)21-35-15-16-36(32(39)40)23(2)20-35)34(4)30(37)25-9-12-28(13-10-25)42-29-7-5-6-24(19-29)14-17-41-31(38)33-3/h5-8,11,18-19,23,25,28H,9-10,12-17,20-21H2,1-4H3,(H,33,38)(H,39,40)/t23-,25-,28-/m0/s1. The first kappa shape index (κ1) is 31.2. The highest BCUT2D eigenvalue weighted by atomic mass is 16.5. The van der Waals surface area contributed by atoms with E-state index in [9.17, 15) is 19.5 Å². The quantitative estimate of drug-likeness (QED) is 0.443. The van der Waals surface area contributed by atoms with E-state index < -0.39 is 12.2 Å². The van der Waals surface area contributed by atoms with Gasteiger partial charge < -0.3 is 29.7 Å². The number of aryl methyl sites for hydroxylation is 1. The molecular formula is C32H44N4O6. The number of carboxylic acid groups (broad SMARTS) is 1. The minimum absolute atomic E-state index is 0.0324. The molecule has 42 heavy (non-hydrogen) atoms. The van der Waals surface area contributed by atoms with E-state index >= 15 is 0 Å². The molecule has 228 valence electrons. The lowest BCUT2D eigenvalue weighted by Gasteiger charge is -2.38. The fraction of sp³-hybridized carbons (Fsp3) is 0.531. The van der Waals surface area contributed by atoms with Crippen molar-refractivity contribution in [2.45, 2.75) is 64.6 Å². The first-order valence-corrected chi connectivity index (χ1v) is 14.8. The number of alkyl carbamates (subject to hydrolysis) is 1. The third-order valence-corrected chi connectivity index (χ3v) is 8.45. The van der Waals surface area contributed by atoms with Crippen molar-refractivity contribution >= 4 is 23.8 Å². The van der Waals surface area contributed by atoms with Gasteiger partial charge in [0.15, 0.2) is 0 Å². The molecule has 2 aromatic carbocycles. The van der Waals surface area contributed by atoms with E-state index in [0.717, 1.165) is 54.8 Å². The van der Waals surface area contributed by atoms with E-state index in [2.05, 4.69) is 29.3 Å². The van der Waals surface area contributed by atoms with E-state index in [4.69, 9.17) is 9.47 Å². The van der Waals surface area contributed by atoms with Gasteiger partial charge in [-0.15, -0.1) is 0 Å². The summed E-state index contributed by atoms with van der Waals surface area (Å²) in [4.78, 5) is 41.6. The smallest absolute Gasteiger partial charge is 0.407 e. The van der Waals surface area contributed by atoms with Gasteiger partial charge in [0.1, 0.15) is 5.75 Å². The van der Waals surface area contributed by atoms with Gasteiger partial charge in [0.25, 0.3) is 0 Å². The molecular weight excluding hydrogens is 536 g/mol. The maximum Gasteiger partial charge on any atom is 0.407 e. The van der Waals surface area contributed by atoms with Gasteiger partial charge in [-0.25, -0.2) is 9.59 Å². The maximum atomic E-state index is 13.4. The fourth-order valence-electron chi connectivity index (χ4n) is 5.90. The molecule has 1 aliphatic carbocycles. The average Bonchev–Trinajstić information content (AvgIpc) is 2.98. The number of anilines is 1. The van der Waals surface area contributed by atoms with E-state index in [1.165, 1.54) is 17.5 Å². The van der Waals surface area contributed by atoms with E-state index in [0.29, 0.717) is 32.7 Å². The van der Waals surface area contributed by atoms with Crippen molar-refractivity contribution in [2.75, 3.05) is 45.2 Å². The van der Waals surface area contributed by atoms with Crippen molar-refractivity contribution in [3.63, 3.8) is 0 Å². The molecule has 3 amide bonds. The summed E-state index contributed by atoms with van der Waals surface area (Å²) in [6.45, 7) is 7.01. The second-order valence-electron chi connectivity index (χ2n) is 11.4. The summed E-state index contributed by atoms with van der Waals surface area (Å²) in [5.41, 5.74) is 4.25. The zero-order valence-corrected chi connectivity index (χ0v) is 25.2. The van der Waals surface area contributed by atoms with Crippen LogP contribution in [0.2, 0.25) is 0 Å². The number of benzene rings is 2. The Labute approximate surface area is 248 Å². The topological polar surface area (TPSA) is 112 Å². The number of nitrogens with one attached hydrogen (secondary N) is 1. The van der Waals surface area contributed by atoms with Gasteiger partial charge in [-0.2, -0.15) is 0 Å². The van der Waals surface area contributed by atoms with Gasteiger partial charge in [0.2, 0.25) is 5.91 Å². The van der Waals surface area contributed by atoms with Crippen LogP contribution in [0.15, 0.2) is 42.5 Å². The Hall–Kier alpha value is -3.79. The molecule has 10 nitrogen and oxygen atoms in total. The Kier molecular flexibility index (Phi) is 10.7. The SMILES string of the molecule is CNC(=O)OCCc1cccc(O[C@H]2CC[C@H](C(=O)N(C)c3ccc(CN4CCN(C(=O)O)[C@@H](C)C4)c(C)c3)CC2)c1. The van der Waals surface area contributed by atoms with Crippen LogP contribution in [0, 0.1) is 12.8 Å². The molecule has 1 heterocycles. The third-order valence-electron chi connectivity index (χ3n) is 8.45. The number of piperazine rings is 1. The van der Waals surface area contributed by atoms with E-state index in [-0.39, 0.29) is 24.0 Å². The summed E-state index contributed by atoms with van der Waals surface area (Å²) in [7, 11) is 3.39. The number of hydrogen-bond donors (Lipinski definition) is 2. The fourth-order valence-corrected chi connectivity index (χ4v) is 5.90. The van der Waals surface area contributed by atoms with Crippen molar-refractivity contribution in [1.82, 2.24) is 15.1 Å². The van der Waals surface area contributed by atoms with Crippen molar-refractivity contribution in [2.24, 2.45) is 5.92 Å². The number of carbonyl (C=O) groups excluding carboxylic acids is 2. The molecule has 1 aliphatic heterocycles. The molecule has 2 aromatic rings. The predicted octanol–water partition coefficient (Wildman–Crippen LogP) is 4.68. The van der Waals surface area contributed by atoms with Crippen LogP contribution in [0.5, 0.6) is 5.75 Å². The maximum absolute atomic E-state index is 13.4. The molecule has 0 unspecified atom stereocenters. The van der Waals surface area contributed by atoms with Crippen LogP contribution in [0.3, 0.4) is 0 Å². The third kappa shape index (κ3) is 8.15. The average molecular weight is 581 g/mol. The zero-order chi connectivity index (χ0) is 30.2. The molecule has 0 aromatic heterocycles. The summed E-state index contributed by atoms with van der Waals surface area (Å²) in [6.07, 6.45) is 2.59. The van der Waals surface area contributed by atoms with Crippen LogP contribution in [0.25, 0.3) is 0 Å². The Balaban J connectivity index is 1.25. The molecule has 2 aliphatic rings. The number of rotatable bonds is 9. The summed E-state index contributed by atoms with van der Waals surface area (Å²) < 4.78 is 11.3. The number of ether oxygens (including phenoxy) is 2. The predicted molar refractivity (Wildman–Crippen MR) is 161 cm³/mol. The molecule has 2 fully saturated rings. The molecule has 2 N–H and O–H groups in total. The first-order chi connectivity index (χ1) is 20.1. The van der Waals surface area contributed by atoms with Crippen LogP contribution in [0.1, 0.15) is 49.3 Å². The largest absolute Gasteiger partial charge is 0.490 e. The summed E-state index contributed by atoms with van der Waals surface area (Å²) in [5, 5.41) is 11.8. The van der Waals surface area contributed by atoms with Gasteiger partial charge in [0, 0.05) is 64.3 Å². The Morgan fingerprint density at radius 1 is 1.07 bits per heavy atom. The van der Waals surface area contributed by atoms with Crippen LogP contribution >= 0.6 is 0 Å². The van der Waals surface area contributed by atoms with Crippen LogP contribution in [-0.4, -0.2) is 85.5 Å². The Morgan fingerprint density at radius 2 is 1.83 bits per heavy atom. The molecule has 1 saturated carbocycles. The van der Waals surface area contributed by atoms with E-state index in [1.807, 2.05) is 44.3 Å². The van der Waals surface area contributed by atoms with E-state index in [1.54, 1.807) is 4.90 Å². The number of amides is 3. The Bertz CT molecular complexity index is 1250. The van der Waals surface area contributed by atoms with Gasteiger partial charge in [-0.05, 0) is 80.5 Å². The molecule has 1 atom stereocenters. The van der Waals surface area contributed by atoms with Gasteiger partial charge in [-0.3, -0.25) is 9.69 Å². The number of nitrogens with zero attached hydrogens (tertiary/aromatic N) is 3. The van der Waals surface area contributed by atoms with Gasteiger partial charge in [-0.1, -0.05) is 18.2 Å². The van der Waals surface area contributed by atoms with Crippen molar-refractivity contribution in [3.05, 3.63) is 59.2 Å². The van der Waals surface area contributed by atoms with Gasteiger partial charge in [0.05, 0.1) is 12.7 Å². The minimum Gasteiger partial charge on any atom is -0.490 e. The van der Waals surface area contributed by atoms with Crippen LogP contribution < -0.4 is 15.0 Å². The summed E-state index contributed by atoms with van der Waals surface area (Å²) >= 11 is 0. The monoisotopic (exact) mass is 580 g/mol. The number of carbonyl (C=O) groups is 3. The Morgan fingerprint density at radius 3 is 2.50 bits per heavy atom. The highest BCUT2D eigenvalue weighted by Crippen LogP contribution is 2.31. The van der Waals surface area contributed by atoms with Gasteiger partial charge >= 0.3 is 12.2 Å². The highest BCUT2D eigenvalue weighted by molar-refractivity contribution is 5.94. The molecule has 0 bridgehead atoms. The summed E-state index contributed by atoms with van der Waals surface area (Å²) in [5.74, 6) is 0.903. The normalized spacial score (nSPS) is 21.0. The first-order valence-electron chi connectivity index (χ1n) is 14.8. The van der Waals surface area contributed by atoms with Crippen molar-refractivity contribution in [1.29, 1.82) is 0 Å².